The van der Waals surface area contributed by atoms with E-state index < -0.39 is 0 Å². The van der Waals surface area contributed by atoms with Gasteiger partial charge in [-0.25, -0.2) is 0 Å². The van der Waals surface area contributed by atoms with Crippen LogP contribution in [0.15, 0.2) is 0 Å². The molecule has 84 valence electrons. The Hall–Kier alpha value is -0.0800. The fourth-order valence-corrected chi connectivity index (χ4v) is 1.91. The van der Waals surface area contributed by atoms with Crippen LogP contribution >= 0.6 is 0 Å². The highest BCUT2D eigenvalue weighted by Gasteiger charge is 2.12. The molecule has 1 rings (SSSR count). The maximum absolute atomic E-state index is 5.64. The van der Waals surface area contributed by atoms with Gasteiger partial charge in [0.05, 0.1) is 6.10 Å². The van der Waals surface area contributed by atoms with Crippen molar-refractivity contribution in [3.8, 4) is 0 Å². The third-order valence-electron chi connectivity index (χ3n) is 2.85. The van der Waals surface area contributed by atoms with Crippen molar-refractivity contribution in [2.45, 2.75) is 58.0 Å². The number of ether oxygens (including phenoxy) is 1. The van der Waals surface area contributed by atoms with Crippen LogP contribution < -0.4 is 5.32 Å². The first-order chi connectivity index (χ1) is 6.93. The summed E-state index contributed by atoms with van der Waals surface area (Å²) in [5.74, 6) is 0. The maximum Gasteiger partial charge on any atom is 0.0699 e. The topological polar surface area (TPSA) is 21.3 Å². The van der Waals surface area contributed by atoms with Gasteiger partial charge in [0.15, 0.2) is 0 Å². The van der Waals surface area contributed by atoms with E-state index in [0.717, 1.165) is 13.2 Å². The van der Waals surface area contributed by atoms with E-state index >= 15 is 0 Å². The van der Waals surface area contributed by atoms with Crippen molar-refractivity contribution in [3.63, 3.8) is 0 Å². The van der Waals surface area contributed by atoms with Gasteiger partial charge < -0.3 is 10.1 Å². The van der Waals surface area contributed by atoms with E-state index in [1.54, 1.807) is 0 Å². The molecule has 1 aliphatic rings. The van der Waals surface area contributed by atoms with E-state index in [2.05, 4.69) is 12.2 Å². The molecule has 1 fully saturated rings. The van der Waals surface area contributed by atoms with Gasteiger partial charge in [-0.3, -0.25) is 0 Å². The average molecular weight is 199 g/mol. The molecule has 1 saturated heterocycles. The Morgan fingerprint density at radius 1 is 1.21 bits per heavy atom. The normalized spacial score (nSPS) is 22.5. The quantitative estimate of drug-likeness (QED) is 0.637. The fourth-order valence-electron chi connectivity index (χ4n) is 1.91. The molecule has 0 radical (unpaired) electrons. The van der Waals surface area contributed by atoms with Crippen LogP contribution in [-0.4, -0.2) is 25.8 Å². The minimum atomic E-state index is 0.495. The number of nitrogens with one attached hydrogen (secondary N) is 1. The van der Waals surface area contributed by atoms with Crippen molar-refractivity contribution in [3.05, 3.63) is 0 Å². The molecule has 0 aromatic carbocycles. The molecule has 14 heavy (non-hydrogen) atoms. The predicted molar refractivity (Wildman–Crippen MR) is 60.6 cm³/mol. The molecule has 0 amide bonds. The molecule has 1 unspecified atom stereocenters. The van der Waals surface area contributed by atoms with Crippen LogP contribution in [0, 0.1) is 0 Å². The minimum Gasteiger partial charge on any atom is -0.377 e. The van der Waals surface area contributed by atoms with Crippen LogP contribution in [-0.2, 0) is 4.74 Å². The summed E-state index contributed by atoms with van der Waals surface area (Å²) in [6.45, 7) is 5.46. The Bertz CT molecular complexity index is 121. The van der Waals surface area contributed by atoms with Crippen molar-refractivity contribution in [2.75, 3.05) is 19.7 Å². The second kappa shape index (κ2) is 8.25. The first-order valence-corrected chi connectivity index (χ1v) is 6.26. The lowest BCUT2D eigenvalue weighted by atomic mass is 10.1. The summed E-state index contributed by atoms with van der Waals surface area (Å²) in [5, 5.41) is 3.49. The van der Waals surface area contributed by atoms with E-state index in [1.165, 1.54) is 51.5 Å². The van der Waals surface area contributed by atoms with Crippen molar-refractivity contribution < 1.29 is 4.74 Å². The Balaban J connectivity index is 1.82. The molecule has 0 saturated carbocycles. The number of hydrogen-bond acceptors (Lipinski definition) is 2. The van der Waals surface area contributed by atoms with Crippen molar-refractivity contribution >= 4 is 0 Å². The summed E-state index contributed by atoms with van der Waals surface area (Å²) in [7, 11) is 0. The SMILES string of the molecule is CCCCCCNCC1CCCCO1. The van der Waals surface area contributed by atoms with Gasteiger partial charge >= 0.3 is 0 Å². The first kappa shape index (κ1) is 12.0. The molecule has 0 bridgehead atoms. The Kier molecular flexibility index (Phi) is 7.06. The molecular weight excluding hydrogens is 174 g/mol. The zero-order valence-electron chi connectivity index (χ0n) is 9.56. The lowest BCUT2D eigenvalue weighted by Crippen LogP contribution is -2.32. The molecule has 0 aliphatic carbocycles. The van der Waals surface area contributed by atoms with Gasteiger partial charge in [-0.2, -0.15) is 0 Å². The lowest BCUT2D eigenvalue weighted by molar-refractivity contribution is 0.0170. The second-order valence-corrected chi connectivity index (χ2v) is 4.25. The Morgan fingerprint density at radius 3 is 2.86 bits per heavy atom. The van der Waals surface area contributed by atoms with Gasteiger partial charge in [0.25, 0.3) is 0 Å². The smallest absolute Gasteiger partial charge is 0.0699 e. The maximum atomic E-state index is 5.64. The van der Waals surface area contributed by atoms with Gasteiger partial charge in [-0.15, -0.1) is 0 Å². The lowest BCUT2D eigenvalue weighted by Gasteiger charge is -2.22. The Morgan fingerprint density at radius 2 is 2.14 bits per heavy atom. The predicted octanol–water partition coefficient (Wildman–Crippen LogP) is 2.73. The summed E-state index contributed by atoms with van der Waals surface area (Å²) in [6, 6.07) is 0. The highest BCUT2D eigenvalue weighted by Crippen LogP contribution is 2.11. The summed E-state index contributed by atoms with van der Waals surface area (Å²) < 4.78 is 5.64. The van der Waals surface area contributed by atoms with Crippen LogP contribution in [0.3, 0.4) is 0 Å². The molecule has 0 aromatic rings. The third kappa shape index (κ3) is 5.61. The number of rotatable bonds is 7. The van der Waals surface area contributed by atoms with Gasteiger partial charge in [0.2, 0.25) is 0 Å². The van der Waals surface area contributed by atoms with E-state index in [1.807, 2.05) is 0 Å². The number of unbranched alkanes of at least 4 members (excludes halogenated alkanes) is 3. The standard InChI is InChI=1S/C12H25NO/c1-2-3-4-6-9-13-11-12-8-5-7-10-14-12/h12-13H,2-11H2,1H3. The largest absolute Gasteiger partial charge is 0.377 e. The van der Waals surface area contributed by atoms with Crippen molar-refractivity contribution in [1.29, 1.82) is 0 Å². The van der Waals surface area contributed by atoms with Crippen LogP contribution in [0.2, 0.25) is 0 Å². The first-order valence-electron chi connectivity index (χ1n) is 6.26. The highest BCUT2D eigenvalue weighted by molar-refractivity contribution is 4.66. The van der Waals surface area contributed by atoms with Crippen molar-refractivity contribution in [1.82, 2.24) is 5.32 Å². The van der Waals surface area contributed by atoms with Gasteiger partial charge in [-0.1, -0.05) is 26.2 Å². The minimum absolute atomic E-state index is 0.495. The van der Waals surface area contributed by atoms with Crippen LogP contribution in [0.1, 0.15) is 51.9 Å². The van der Waals surface area contributed by atoms with Crippen LogP contribution in [0.4, 0.5) is 0 Å². The molecule has 1 aliphatic heterocycles. The molecule has 0 spiro atoms. The summed E-state index contributed by atoms with van der Waals surface area (Å²) >= 11 is 0. The van der Waals surface area contributed by atoms with Gasteiger partial charge in [-0.05, 0) is 32.2 Å². The Labute approximate surface area is 88.4 Å². The second-order valence-electron chi connectivity index (χ2n) is 4.25. The summed E-state index contributed by atoms with van der Waals surface area (Å²) in [5.41, 5.74) is 0. The summed E-state index contributed by atoms with van der Waals surface area (Å²) in [4.78, 5) is 0. The average Bonchev–Trinajstić information content (AvgIpc) is 2.25. The zero-order valence-corrected chi connectivity index (χ0v) is 9.56. The molecular formula is C12H25NO. The molecule has 0 aromatic heterocycles. The molecule has 1 N–H and O–H groups in total. The van der Waals surface area contributed by atoms with E-state index in [9.17, 15) is 0 Å². The van der Waals surface area contributed by atoms with E-state index in [-0.39, 0.29) is 0 Å². The van der Waals surface area contributed by atoms with Crippen LogP contribution in [0.5, 0.6) is 0 Å². The fraction of sp³-hybridized carbons (Fsp3) is 1.00. The molecule has 1 heterocycles. The number of hydrogen-bond donors (Lipinski definition) is 1. The summed E-state index contributed by atoms with van der Waals surface area (Å²) in [6.07, 6.45) is 9.75. The zero-order chi connectivity index (χ0) is 10.1. The third-order valence-corrected chi connectivity index (χ3v) is 2.85. The van der Waals surface area contributed by atoms with E-state index in [0.29, 0.717) is 6.10 Å². The van der Waals surface area contributed by atoms with E-state index in [4.69, 9.17) is 4.74 Å². The molecule has 2 nitrogen and oxygen atoms in total. The molecule has 2 heteroatoms. The van der Waals surface area contributed by atoms with Crippen molar-refractivity contribution in [2.24, 2.45) is 0 Å². The molecule has 1 atom stereocenters. The monoisotopic (exact) mass is 199 g/mol. The van der Waals surface area contributed by atoms with Gasteiger partial charge in [0.1, 0.15) is 0 Å². The van der Waals surface area contributed by atoms with Gasteiger partial charge in [0, 0.05) is 13.2 Å². The highest BCUT2D eigenvalue weighted by atomic mass is 16.5. The van der Waals surface area contributed by atoms with Crippen LogP contribution in [0.25, 0.3) is 0 Å².